The van der Waals surface area contributed by atoms with Gasteiger partial charge in [0.05, 0.1) is 4.34 Å². The van der Waals surface area contributed by atoms with Gasteiger partial charge in [-0.2, -0.15) is 0 Å². The summed E-state index contributed by atoms with van der Waals surface area (Å²) in [6.07, 6.45) is 1.00. The first-order valence-electron chi connectivity index (χ1n) is 6.23. The van der Waals surface area contributed by atoms with Crippen LogP contribution in [0.1, 0.15) is 29.0 Å². The molecule has 0 radical (unpaired) electrons. The van der Waals surface area contributed by atoms with Gasteiger partial charge in [0.15, 0.2) is 0 Å². The highest BCUT2D eigenvalue weighted by Gasteiger charge is 2.13. The Hall–Kier alpha value is -0.830. The van der Waals surface area contributed by atoms with Crippen LogP contribution in [0, 0.1) is 6.92 Å². The summed E-state index contributed by atoms with van der Waals surface area (Å²) < 4.78 is 0.858. The van der Waals surface area contributed by atoms with Crippen molar-refractivity contribution in [2.75, 3.05) is 6.54 Å². The van der Waals surface area contributed by atoms with E-state index in [-0.39, 0.29) is 0 Å². The third-order valence-corrected chi connectivity index (χ3v) is 4.29. The lowest BCUT2D eigenvalue weighted by Crippen LogP contribution is -2.22. The van der Waals surface area contributed by atoms with Gasteiger partial charge in [-0.15, -0.1) is 11.3 Å². The first-order chi connectivity index (χ1) is 8.69. The van der Waals surface area contributed by atoms with Crippen molar-refractivity contribution in [2.24, 2.45) is 0 Å². The molecule has 0 amide bonds. The van der Waals surface area contributed by atoms with Crippen molar-refractivity contribution in [3.63, 3.8) is 0 Å². The smallest absolute Gasteiger partial charge is 0.0931 e. The fourth-order valence-electron chi connectivity index (χ4n) is 2.00. The van der Waals surface area contributed by atoms with Gasteiger partial charge >= 0.3 is 0 Å². The van der Waals surface area contributed by atoms with Crippen LogP contribution in [0.5, 0.6) is 0 Å². The molecule has 1 heterocycles. The van der Waals surface area contributed by atoms with Crippen LogP contribution in [0.15, 0.2) is 36.4 Å². The molecule has 1 atom stereocenters. The topological polar surface area (TPSA) is 12.0 Å². The van der Waals surface area contributed by atoms with Crippen molar-refractivity contribution < 1.29 is 0 Å². The number of nitrogens with one attached hydrogen (secondary N) is 1. The second-order valence-electron chi connectivity index (χ2n) is 4.44. The molecular formula is C15H18ClNS. The van der Waals surface area contributed by atoms with Crippen LogP contribution in [0.25, 0.3) is 0 Å². The molecule has 0 saturated carbocycles. The minimum Gasteiger partial charge on any atom is -0.309 e. The number of rotatable bonds is 5. The van der Waals surface area contributed by atoms with Gasteiger partial charge in [0.2, 0.25) is 0 Å². The van der Waals surface area contributed by atoms with Crippen LogP contribution >= 0.6 is 22.9 Å². The molecule has 0 fully saturated rings. The van der Waals surface area contributed by atoms with Crippen LogP contribution in [0.2, 0.25) is 4.34 Å². The minimum absolute atomic E-state index is 0.357. The summed E-state index contributed by atoms with van der Waals surface area (Å²) in [5.74, 6) is 0. The largest absolute Gasteiger partial charge is 0.309 e. The molecule has 0 aliphatic heterocycles. The van der Waals surface area contributed by atoms with E-state index in [1.165, 1.54) is 16.0 Å². The van der Waals surface area contributed by atoms with Crippen molar-refractivity contribution in [1.29, 1.82) is 0 Å². The third-order valence-electron chi connectivity index (χ3n) is 2.95. The quantitative estimate of drug-likeness (QED) is 0.843. The van der Waals surface area contributed by atoms with E-state index >= 15 is 0 Å². The molecule has 2 rings (SSSR count). The number of thiophene rings is 1. The molecule has 0 aliphatic rings. The summed E-state index contributed by atoms with van der Waals surface area (Å²) in [6.45, 7) is 5.22. The Morgan fingerprint density at radius 1 is 1.17 bits per heavy atom. The molecule has 1 aromatic carbocycles. The molecule has 2 aromatic rings. The van der Waals surface area contributed by atoms with Gasteiger partial charge < -0.3 is 5.32 Å². The lowest BCUT2D eigenvalue weighted by molar-refractivity contribution is 0.558. The van der Waals surface area contributed by atoms with Crippen molar-refractivity contribution in [2.45, 2.75) is 26.3 Å². The molecule has 1 N–H and O–H groups in total. The Bertz CT molecular complexity index is 489. The second-order valence-corrected chi connectivity index (χ2v) is 6.19. The van der Waals surface area contributed by atoms with E-state index in [2.05, 4.69) is 49.5 Å². The van der Waals surface area contributed by atoms with Crippen LogP contribution in [-0.4, -0.2) is 6.54 Å². The minimum atomic E-state index is 0.357. The SMILES string of the molecule is CCNC(Cc1ccc(C)cc1)c1ccc(Cl)s1. The predicted octanol–water partition coefficient (Wildman–Crippen LogP) is 4.60. The van der Waals surface area contributed by atoms with E-state index < -0.39 is 0 Å². The van der Waals surface area contributed by atoms with Gasteiger partial charge in [-0.05, 0) is 37.6 Å². The second kappa shape index (κ2) is 6.37. The zero-order valence-electron chi connectivity index (χ0n) is 10.7. The fourth-order valence-corrected chi connectivity index (χ4v) is 3.13. The van der Waals surface area contributed by atoms with Gasteiger partial charge in [0.1, 0.15) is 0 Å². The van der Waals surface area contributed by atoms with E-state index in [1.807, 2.05) is 6.07 Å². The van der Waals surface area contributed by atoms with Gasteiger partial charge in [0.25, 0.3) is 0 Å². The summed E-state index contributed by atoms with van der Waals surface area (Å²) >= 11 is 7.68. The Morgan fingerprint density at radius 2 is 1.89 bits per heavy atom. The van der Waals surface area contributed by atoms with E-state index in [9.17, 15) is 0 Å². The highest BCUT2D eigenvalue weighted by atomic mass is 35.5. The molecule has 0 aliphatic carbocycles. The fraction of sp³-hybridized carbons (Fsp3) is 0.333. The molecular weight excluding hydrogens is 262 g/mol. The van der Waals surface area contributed by atoms with Crippen molar-refractivity contribution >= 4 is 22.9 Å². The zero-order chi connectivity index (χ0) is 13.0. The first kappa shape index (κ1) is 13.6. The lowest BCUT2D eigenvalue weighted by Gasteiger charge is -2.16. The average molecular weight is 280 g/mol. The predicted molar refractivity (Wildman–Crippen MR) is 80.6 cm³/mol. The highest BCUT2D eigenvalue weighted by molar-refractivity contribution is 7.16. The summed E-state index contributed by atoms with van der Waals surface area (Å²) in [5.41, 5.74) is 2.66. The van der Waals surface area contributed by atoms with Crippen LogP contribution in [-0.2, 0) is 6.42 Å². The van der Waals surface area contributed by atoms with Crippen LogP contribution < -0.4 is 5.32 Å². The van der Waals surface area contributed by atoms with Gasteiger partial charge in [-0.1, -0.05) is 48.4 Å². The Kier molecular flexibility index (Phi) is 4.81. The molecule has 96 valence electrons. The summed E-state index contributed by atoms with van der Waals surface area (Å²) in [4.78, 5) is 1.31. The maximum atomic E-state index is 6.02. The van der Waals surface area contributed by atoms with Crippen molar-refractivity contribution in [3.8, 4) is 0 Å². The van der Waals surface area contributed by atoms with E-state index in [0.717, 1.165) is 17.3 Å². The van der Waals surface area contributed by atoms with Gasteiger partial charge in [0, 0.05) is 10.9 Å². The molecule has 0 saturated heterocycles. The number of aryl methyl sites for hydroxylation is 1. The van der Waals surface area contributed by atoms with Crippen molar-refractivity contribution in [1.82, 2.24) is 5.32 Å². The van der Waals surface area contributed by atoms with E-state index in [4.69, 9.17) is 11.6 Å². The summed E-state index contributed by atoms with van der Waals surface area (Å²) in [5, 5.41) is 3.53. The normalized spacial score (nSPS) is 12.6. The summed E-state index contributed by atoms with van der Waals surface area (Å²) in [7, 11) is 0. The number of likely N-dealkylation sites (N-methyl/N-ethyl adjacent to an activating group) is 1. The van der Waals surface area contributed by atoms with E-state index in [1.54, 1.807) is 11.3 Å². The van der Waals surface area contributed by atoms with Gasteiger partial charge in [-0.25, -0.2) is 0 Å². The molecule has 18 heavy (non-hydrogen) atoms. The Morgan fingerprint density at radius 3 is 2.44 bits per heavy atom. The van der Waals surface area contributed by atoms with E-state index in [0.29, 0.717) is 6.04 Å². The van der Waals surface area contributed by atoms with Crippen LogP contribution in [0.4, 0.5) is 0 Å². The molecule has 0 spiro atoms. The summed E-state index contributed by atoms with van der Waals surface area (Å²) in [6, 6.07) is 13.2. The number of halogens is 1. The monoisotopic (exact) mass is 279 g/mol. The molecule has 0 bridgehead atoms. The lowest BCUT2D eigenvalue weighted by atomic mass is 10.0. The number of benzene rings is 1. The Labute approximate surface area is 118 Å². The third kappa shape index (κ3) is 3.58. The van der Waals surface area contributed by atoms with Crippen molar-refractivity contribution in [3.05, 3.63) is 56.7 Å². The number of hydrogen-bond donors (Lipinski definition) is 1. The zero-order valence-corrected chi connectivity index (χ0v) is 12.3. The first-order valence-corrected chi connectivity index (χ1v) is 7.42. The average Bonchev–Trinajstić information content (AvgIpc) is 2.78. The van der Waals surface area contributed by atoms with Gasteiger partial charge in [-0.3, -0.25) is 0 Å². The maximum Gasteiger partial charge on any atom is 0.0931 e. The molecule has 1 nitrogen and oxygen atoms in total. The van der Waals surface area contributed by atoms with Crippen LogP contribution in [0.3, 0.4) is 0 Å². The standard InChI is InChI=1S/C15H18ClNS/c1-3-17-13(14-8-9-15(16)18-14)10-12-6-4-11(2)5-7-12/h4-9,13,17H,3,10H2,1-2H3. The Balaban J connectivity index is 2.13. The molecule has 3 heteroatoms. The molecule has 1 unspecified atom stereocenters. The number of hydrogen-bond acceptors (Lipinski definition) is 2. The maximum absolute atomic E-state index is 6.02. The molecule has 1 aromatic heterocycles. The highest BCUT2D eigenvalue weighted by Crippen LogP contribution is 2.29.